The molecule has 0 aliphatic heterocycles. The SMILES string of the molecule is COc1ccnc(CC(=O)N(C)[C@H]2C[C@](C)(OC)C2(C)C)c1. The van der Waals surface area contributed by atoms with Crippen LogP contribution in [0.3, 0.4) is 0 Å². The fourth-order valence-corrected chi connectivity index (χ4v) is 3.21. The Kier molecular flexibility index (Phi) is 4.47. The minimum atomic E-state index is -0.180. The molecule has 22 heavy (non-hydrogen) atoms. The van der Waals surface area contributed by atoms with Gasteiger partial charge in [0, 0.05) is 37.9 Å². The van der Waals surface area contributed by atoms with E-state index in [1.165, 1.54) is 0 Å². The molecule has 2 rings (SSSR count). The number of methoxy groups -OCH3 is 2. The fraction of sp³-hybridized carbons (Fsp3) is 0.647. The first-order valence-corrected chi connectivity index (χ1v) is 7.55. The van der Waals surface area contributed by atoms with E-state index in [0.717, 1.165) is 17.9 Å². The zero-order valence-electron chi connectivity index (χ0n) is 14.3. The van der Waals surface area contributed by atoms with E-state index in [-0.39, 0.29) is 29.4 Å². The minimum absolute atomic E-state index is 0.0666. The van der Waals surface area contributed by atoms with Gasteiger partial charge in [0.15, 0.2) is 0 Å². The van der Waals surface area contributed by atoms with Gasteiger partial charge >= 0.3 is 0 Å². The first kappa shape index (κ1) is 16.7. The van der Waals surface area contributed by atoms with Crippen LogP contribution in [-0.4, -0.2) is 48.7 Å². The summed E-state index contributed by atoms with van der Waals surface area (Å²) in [6.45, 7) is 6.40. The third-order valence-corrected chi connectivity index (χ3v) is 5.45. The molecular weight excluding hydrogens is 280 g/mol. The average molecular weight is 306 g/mol. The summed E-state index contributed by atoms with van der Waals surface area (Å²) < 4.78 is 10.8. The van der Waals surface area contributed by atoms with Gasteiger partial charge in [0.05, 0.1) is 24.8 Å². The lowest BCUT2D eigenvalue weighted by atomic mass is 9.55. The van der Waals surface area contributed by atoms with Crippen LogP contribution in [0, 0.1) is 5.41 Å². The van der Waals surface area contributed by atoms with Gasteiger partial charge in [-0.1, -0.05) is 13.8 Å². The van der Waals surface area contributed by atoms with Gasteiger partial charge in [0.1, 0.15) is 5.75 Å². The molecule has 5 heteroatoms. The number of carbonyl (C=O) groups excluding carboxylic acids is 1. The molecule has 0 radical (unpaired) electrons. The van der Waals surface area contributed by atoms with Crippen LogP contribution in [0.25, 0.3) is 0 Å². The molecule has 1 aromatic heterocycles. The molecule has 1 amide bonds. The number of hydrogen-bond acceptors (Lipinski definition) is 4. The highest BCUT2D eigenvalue weighted by Crippen LogP contribution is 2.53. The van der Waals surface area contributed by atoms with E-state index in [1.807, 2.05) is 11.9 Å². The van der Waals surface area contributed by atoms with E-state index < -0.39 is 0 Å². The summed E-state index contributed by atoms with van der Waals surface area (Å²) in [5.41, 5.74) is 0.469. The highest BCUT2D eigenvalue weighted by atomic mass is 16.5. The Labute approximate surface area is 132 Å². The van der Waals surface area contributed by atoms with Gasteiger partial charge in [-0.25, -0.2) is 0 Å². The Balaban J connectivity index is 2.04. The van der Waals surface area contributed by atoms with Crippen LogP contribution < -0.4 is 4.74 Å². The van der Waals surface area contributed by atoms with Gasteiger partial charge in [0.2, 0.25) is 5.91 Å². The quantitative estimate of drug-likeness (QED) is 0.837. The van der Waals surface area contributed by atoms with Crippen molar-refractivity contribution in [3.05, 3.63) is 24.0 Å². The largest absolute Gasteiger partial charge is 0.497 e. The lowest BCUT2D eigenvalue weighted by Gasteiger charge is -2.61. The number of hydrogen-bond donors (Lipinski definition) is 0. The number of ether oxygens (including phenoxy) is 2. The average Bonchev–Trinajstić information content (AvgIpc) is 2.51. The minimum Gasteiger partial charge on any atom is -0.497 e. The molecule has 5 nitrogen and oxygen atoms in total. The molecule has 0 bridgehead atoms. The zero-order chi connectivity index (χ0) is 16.5. The van der Waals surface area contributed by atoms with E-state index in [1.54, 1.807) is 32.5 Å². The standard InChI is InChI=1S/C17H26N2O3/c1-16(2)14(11-17(16,3)22-6)19(4)15(20)10-12-9-13(21-5)7-8-18-12/h7-9,14H,10-11H2,1-6H3/t14-,17-/m0/s1. The van der Waals surface area contributed by atoms with Gasteiger partial charge in [-0.05, 0) is 19.4 Å². The summed E-state index contributed by atoms with van der Waals surface area (Å²) in [6.07, 6.45) is 2.80. The number of likely N-dealkylation sites (N-methyl/N-ethyl adjacent to an activating group) is 1. The Hall–Kier alpha value is -1.62. The summed E-state index contributed by atoms with van der Waals surface area (Å²) in [6, 6.07) is 3.75. The maximum absolute atomic E-state index is 12.5. The van der Waals surface area contributed by atoms with E-state index in [9.17, 15) is 4.79 Å². The number of aromatic nitrogens is 1. The predicted octanol–water partition coefficient (Wildman–Crippen LogP) is 2.29. The van der Waals surface area contributed by atoms with Crippen molar-refractivity contribution in [2.45, 2.75) is 45.3 Å². The van der Waals surface area contributed by atoms with Crippen LogP contribution in [0.5, 0.6) is 5.75 Å². The van der Waals surface area contributed by atoms with Crippen molar-refractivity contribution in [1.82, 2.24) is 9.88 Å². The van der Waals surface area contributed by atoms with Crippen LogP contribution in [-0.2, 0) is 16.0 Å². The monoisotopic (exact) mass is 306 g/mol. The first-order chi connectivity index (χ1) is 10.2. The summed E-state index contributed by atoms with van der Waals surface area (Å²) >= 11 is 0. The summed E-state index contributed by atoms with van der Waals surface area (Å²) in [5, 5.41) is 0. The topological polar surface area (TPSA) is 51.7 Å². The molecule has 1 aromatic rings. The van der Waals surface area contributed by atoms with Crippen molar-refractivity contribution < 1.29 is 14.3 Å². The fourth-order valence-electron chi connectivity index (χ4n) is 3.21. The van der Waals surface area contributed by atoms with Crippen molar-refractivity contribution in [3.8, 4) is 5.75 Å². The van der Waals surface area contributed by atoms with Gasteiger partial charge < -0.3 is 14.4 Å². The molecule has 2 atom stereocenters. The zero-order valence-corrected chi connectivity index (χ0v) is 14.3. The van der Waals surface area contributed by atoms with Crippen LogP contribution in [0.2, 0.25) is 0 Å². The highest BCUT2D eigenvalue weighted by Gasteiger charge is 2.59. The highest BCUT2D eigenvalue weighted by molar-refractivity contribution is 5.78. The van der Waals surface area contributed by atoms with E-state index >= 15 is 0 Å². The third-order valence-electron chi connectivity index (χ3n) is 5.45. The summed E-state index contributed by atoms with van der Waals surface area (Å²) in [5.74, 6) is 0.786. The van der Waals surface area contributed by atoms with Crippen molar-refractivity contribution in [2.24, 2.45) is 5.41 Å². The van der Waals surface area contributed by atoms with E-state index in [4.69, 9.17) is 9.47 Å². The molecule has 1 saturated carbocycles. The molecule has 1 heterocycles. The number of carbonyl (C=O) groups is 1. The Bertz CT molecular complexity index is 559. The number of pyridine rings is 1. The van der Waals surface area contributed by atoms with Crippen molar-refractivity contribution in [1.29, 1.82) is 0 Å². The molecule has 1 aliphatic carbocycles. The van der Waals surface area contributed by atoms with Gasteiger partial charge in [-0.2, -0.15) is 0 Å². The van der Waals surface area contributed by atoms with E-state index in [0.29, 0.717) is 0 Å². The molecule has 1 aliphatic rings. The maximum atomic E-state index is 12.5. The van der Waals surface area contributed by atoms with Gasteiger partial charge in [-0.15, -0.1) is 0 Å². The molecule has 0 N–H and O–H groups in total. The first-order valence-electron chi connectivity index (χ1n) is 7.55. The molecule has 0 aromatic carbocycles. The molecule has 122 valence electrons. The van der Waals surface area contributed by atoms with Crippen molar-refractivity contribution in [3.63, 3.8) is 0 Å². The molecule has 0 unspecified atom stereocenters. The Morgan fingerprint density at radius 2 is 2.09 bits per heavy atom. The van der Waals surface area contributed by atoms with Gasteiger partial charge in [-0.3, -0.25) is 9.78 Å². The molecular formula is C17H26N2O3. The molecule has 1 fully saturated rings. The second kappa shape index (κ2) is 5.88. The summed E-state index contributed by atoms with van der Waals surface area (Å²) in [4.78, 5) is 18.6. The predicted molar refractivity (Wildman–Crippen MR) is 84.9 cm³/mol. The maximum Gasteiger partial charge on any atom is 0.228 e. The summed E-state index contributed by atoms with van der Waals surface area (Å²) in [7, 11) is 5.21. The van der Waals surface area contributed by atoms with Crippen LogP contribution in [0.1, 0.15) is 32.9 Å². The Morgan fingerprint density at radius 3 is 2.64 bits per heavy atom. The van der Waals surface area contributed by atoms with Crippen molar-refractivity contribution >= 4 is 5.91 Å². The molecule has 0 saturated heterocycles. The lowest BCUT2D eigenvalue weighted by Crippen LogP contribution is -2.68. The Morgan fingerprint density at radius 1 is 1.41 bits per heavy atom. The number of rotatable bonds is 5. The van der Waals surface area contributed by atoms with Crippen LogP contribution >= 0.6 is 0 Å². The van der Waals surface area contributed by atoms with E-state index in [2.05, 4.69) is 25.8 Å². The normalized spacial score (nSPS) is 26.2. The number of amides is 1. The second-order valence-electron chi connectivity index (χ2n) is 6.75. The second-order valence-corrected chi connectivity index (χ2v) is 6.75. The van der Waals surface area contributed by atoms with Gasteiger partial charge in [0.25, 0.3) is 0 Å². The smallest absolute Gasteiger partial charge is 0.228 e. The van der Waals surface area contributed by atoms with Crippen LogP contribution in [0.15, 0.2) is 18.3 Å². The third kappa shape index (κ3) is 2.70. The van der Waals surface area contributed by atoms with Crippen molar-refractivity contribution in [2.75, 3.05) is 21.3 Å². The number of nitrogens with zero attached hydrogens (tertiary/aromatic N) is 2. The molecule has 0 spiro atoms. The lowest BCUT2D eigenvalue weighted by molar-refractivity contribution is -0.207. The van der Waals surface area contributed by atoms with Crippen LogP contribution in [0.4, 0.5) is 0 Å².